The molecule has 1 fully saturated rings. The minimum Gasteiger partial charge on any atom is -0.368 e. The Kier molecular flexibility index (Phi) is 5.30. The fourth-order valence-corrected chi connectivity index (χ4v) is 3.50. The highest BCUT2D eigenvalue weighted by atomic mass is 35.5. The molecule has 20 heavy (non-hydrogen) atoms. The molecule has 3 nitrogen and oxygen atoms in total. The fourth-order valence-electron chi connectivity index (χ4n) is 3.24. The minimum atomic E-state index is 0.173. The van der Waals surface area contributed by atoms with Gasteiger partial charge in [-0.2, -0.15) is 0 Å². The van der Waals surface area contributed by atoms with Gasteiger partial charge in [-0.1, -0.05) is 37.6 Å². The van der Waals surface area contributed by atoms with Crippen LogP contribution in [0.5, 0.6) is 0 Å². The SMILES string of the molecule is CCC(CC)(CN)N1CCN(c2ccccc2Cl)CC1. The Hall–Kier alpha value is -0.770. The summed E-state index contributed by atoms with van der Waals surface area (Å²) in [5, 5.41) is 0.844. The number of hydrogen-bond acceptors (Lipinski definition) is 3. The Balaban J connectivity index is 2.04. The number of benzene rings is 1. The van der Waals surface area contributed by atoms with Gasteiger partial charge in [0.1, 0.15) is 0 Å². The molecular formula is C16H26ClN3. The van der Waals surface area contributed by atoms with Gasteiger partial charge in [-0.05, 0) is 25.0 Å². The quantitative estimate of drug-likeness (QED) is 0.906. The predicted molar refractivity (Wildman–Crippen MR) is 87.6 cm³/mol. The summed E-state index contributed by atoms with van der Waals surface area (Å²) in [6.45, 7) is 9.39. The van der Waals surface area contributed by atoms with Crippen LogP contribution in [0.15, 0.2) is 24.3 Å². The van der Waals surface area contributed by atoms with Crippen molar-refractivity contribution < 1.29 is 0 Å². The van der Waals surface area contributed by atoms with Gasteiger partial charge in [-0.15, -0.1) is 0 Å². The van der Waals surface area contributed by atoms with E-state index in [0.717, 1.165) is 56.3 Å². The molecule has 2 rings (SSSR count). The summed E-state index contributed by atoms with van der Waals surface area (Å²) in [6, 6.07) is 8.10. The molecule has 1 heterocycles. The van der Waals surface area contributed by atoms with E-state index in [4.69, 9.17) is 17.3 Å². The van der Waals surface area contributed by atoms with Gasteiger partial charge in [0.2, 0.25) is 0 Å². The molecule has 4 heteroatoms. The second-order valence-electron chi connectivity index (χ2n) is 5.56. The molecule has 2 N–H and O–H groups in total. The van der Waals surface area contributed by atoms with Gasteiger partial charge >= 0.3 is 0 Å². The van der Waals surface area contributed by atoms with Crippen LogP contribution in [0.4, 0.5) is 5.69 Å². The molecule has 1 saturated heterocycles. The first-order valence-electron chi connectivity index (χ1n) is 7.61. The third-order valence-electron chi connectivity index (χ3n) is 4.84. The number of anilines is 1. The summed E-state index contributed by atoms with van der Waals surface area (Å²) < 4.78 is 0. The van der Waals surface area contributed by atoms with Gasteiger partial charge in [0.15, 0.2) is 0 Å². The zero-order chi connectivity index (χ0) is 14.6. The van der Waals surface area contributed by atoms with E-state index in [1.165, 1.54) is 0 Å². The molecule has 1 aliphatic rings. The van der Waals surface area contributed by atoms with Crippen molar-refractivity contribution in [2.75, 3.05) is 37.6 Å². The van der Waals surface area contributed by atoms with Crippen molar-refractivity contribution in [3.8, 4) is 0 Å². The number of para-hydroxylation sites is 1. The van der Waals surface area contributed by atoms with Crippen LogP contribution < -0.4 is 10.6 Å². The number of rotatable bonds is 5. The summed E-state index contributed by atoms with van der Waals surface area (Å²) >= 11 is 6.29. The molecule has 0 bridgehead atoms. The number of piperazine rings is 1. The van der Waals surface area contributed by atoms with Crippen molar-refractivity contribution in [1.29, 1.82) is 0 Å². The molecule has 1 aromatic carbocycles. The van der Waals surface area contributed by atoms with Crippen LogP contribution in [0.1, 0.15) is 26.7 Å². The first-order chi connectivity index (χ1) is 9.66. The van der Waals surface area contributed by atoms with Crippen molar-refractivity contribution in [2.45, 2.75) is 32.2 Å². The van der Waals surface area contributed by atoms with E-state index in [1.807, 2.05) is 12.1 Å². The number of nitrogens with zero attached hydrogens (tertiary/aromatic N) is 2. The predicted octanol–water partition coefficient (Wildman–Crippen LogP) is 2.98. The molecule has 1 aromatic rings. The van der Waals surface area contributed by atoms with Gasteiger partial charge in [-0.25, -0.2) is 0 Å². The molecule has 112 valence electrons. The van der Waals surface area contributed by atoms with E-state index in [0.29, 0.717) is 0 Å². The molecule has 0 unspecified atom stereocenters. The Labute approximate surface area is 127 Å². The Morgan fingerprint density at radius 1 is 1.10 bits per heavy atom. The van der Waals surface area contributed by atoms with Crippen molar-refractivity contribution in [3.05, 3.63) is 29.3 Å². The van der Waals surface area contributed by atoms with E-state index in [-0.39, 0.29) is 5.54 Å². The van der Waals surface area contributed by atoms with Crippen molar-refractivity contribution in [2.24, 2.45) is 5.73 Å². The lowest BCUT2D eigenvalue weighted by atomic mass is 9.90. The first-order valence-corrected chi connectivity index (χ1v) is 7.99. The largest absolute Gasteiger partial charge is 0.368 e. The fraction of sp³-hybridized carbons (Fsp3) is 0.625. The summed E-state index contributed by atoms with van der Waals surface area (Å²) in [6.07, 6.45) is 2.23. The standard InChI is InChI=1S/C16H26ClN3/c1-3-16(4-2,13-18)20-11-9-19(10-12-20)15-8-6-5-7-14(15)17/h5-8H,3-4,9-13,18H2,1-2H3. The summed E-state index contributed by atoms with van der Waals surface area (Å²) in [7, 11) is 0. The molecule has 0 amide bonds. The van der Waals surface area contributed by atoms with Crippen LogP contribution in [-0.2, 0) is 0 Å². The average molecular weight is 296 g/mol. The third kappa shape index (κ3) is 2.95. The molecule has 0 aromatic heterocycles. The van der Waals surface area contributed by atoms with Gasteiger partial charge in [0, 0.05) is 38.3 Å². The third-order valence-corrected chi connectivity index (χ3v) is 5.16. The Bertz CT molecular complexity index is 415. The van der Waals surface area contributed by atoms with Crippen LogP contribution in [0.3, 0.4) is 0 Å². The molecule has 0 radical (unpaired) electrons. The Morgan fingerprint density at radius 3 is 2.20 bits per heavy atom. The lowest BCUT2D eigenvalue weighted by Gasteiger charge is -2.47. The normalized spacial score (nSPS) is 17.5. The summed E-state index contributed by atoms with van der Waals surface area (Å²) in [4.78, 5) is 4.95. The zero-order valence-electron chi connectivity index (χ0n) is 12.6. The monoisotopic (exact) mass is 295 g/mol. The maximum atomic E-state index is 6.29. The smallest absolute Gasteiger partial charge is 0.0639 e. The van der Waals surface area contributed by atoms with Crippen LogP contribution in [-0.4, -0.2) is 43.2 Å². The number of halogens is 1. The molecule has 0 spiro atoms. The van der Waals surface area contributed by atoms with Crippen LogP contribution in [0.2, 0.25) is 5.02 Å². The maximum Gasteiger partial charge on any atom is 0.0639 e. The first kappa shape index (κ1) is 15.6. The molecule has 0 atom stereocenters. The van der Waals surface area contributed by atoms with Gasteiger partial charge < -0.3 is 10.6 Å². The molecular weight excluding hydrogens is 270 g/mol. The summed E-state index contributed by atoms with van der Waals surface area (Å²) in [5.74, 6) is 0. The van der Waals surface area contributed by atoms with Crippen molar-refractivity contribution >= 4 is 17.3 Å². The van der Waals surface area contributed by atoms with Crippen molar-refractivity contribution in [1.82, 2.24) is 4.90 Å². The lowest BCUT2D eigenvalue weighted by molar-refractivity contribution is 0.0786. The maximum absolute atomic E-state index is 6.29. The molecule has 1 aliphatic heterocycles. The summed E-state index contributed by atoms with van der Waals surface area (Å²) in [5.41, 5.74) is 7.38. The Morgan fingerprint density at radius 2 is 1.70 bits per heavy atom. The van der Waals surface area contributed by atoms with Crippen LogP contribution in [0.25, 0.3) is 0 Å². The van der Waals surface area contributed by atoms with Crippen LogP contribution >= 0.6 is 11.6 Å². The van der Waals surface area contributed by atoms with Crippen LogP contribution in [0, 0.1) is 0 Å². The highest BCUT2D eigenvalue weighted by Crippen LogP contribution is 2.29. The van der Waals surface area contributed by atoms with Gasteiger partial charge in [0.25, 0.3) is 0 Å². The molecule has 0 saturated carbocycles. The highest BCUT2D eigenvalue weighted by Gasteiger charge is 2.34. The zero-order valence-corrected chi connectivity index (χ0v) is 13.4. The lowest BCUT2D eigenvalue weighted by Crippen LogP contribution is -2.59. The average Bonchev–Trinajstić information content (AvgIpc) is 2.51. The second-order valence-corrected chi connectivity index (χ2v) is 5.97. The van der Waals surface area contributed by atoms with Gasteiger partial charge in [0.05, 0.1) is 10.7 Å². The molecule has 0 aliphatic carbocycles. The number of nitrogens with two attached hydrogens (primary N) is 1. The van der Waals surface area contributed by atoms with E-state index in [9.17, 15) is 0 Å². The highest BCUT2D eigenvalue weighted by molar-refractivity contribution is 6.33. The number of hydrogen-bond donors (Lipinski definition) is 1. The van der Waals surface area contributed by atoms with E-state index < -0.39 is 0 Å². The minimum absolute atomic E-state index is 0.173. The van der Waals surface area contributed by atoms with E-state index >= 15 is 0 Å². The van der Waals surface area contributed by atoms with Gasteiger partial charge in [-0.3, -0.25) is 4.90 Å². The van der Waals surface area contributed by atoms with E-state index in [1.54, 1.807) is 0 Å². The van der Waals surface area contributed by atoms with Crippen molar-refractivity contribution in [3.63, 3.8) is 0 Å². The topological polar surface area (TPSA) is 32.5 Å². The second kappa shape index (κ2) is 6.79. The van der Waals surface area contributed by atoms with E-state index in [2.05, 4.69) is 35.8 Å².